The lowest BCUT2D eigenvalue weighted by Gasteiger charge is -2.39. The van der Waals surface area contributed by atoms with Crippen LogP contribution < -0.4 is 4.74 Å². The van der Waals surface area contributed by atoms with Crippen molar-refractivity contribution < 1.29 is 13.9 Å². The molecule has 0 unspecified atom stereocenters. The Bertz CT molecular complexity index is 358. The molecule has 0 atom stereocenters. The van der Waals surface area contributed by atoms with Gasteiger partial charge in [-0.15, -0.1) is 0 Å². The Morgan fingerprint density at radius 2 is 2.07 bits per heavy atom. The third kappa shape index (κ3) is 1.59. The van der Waals surface area contributed by atoms with E-state index in [9.17, 15) is 4.39 Å². The highest BCUT2D eigenvalue weighted by Gasteiger charge is 2.40. The minimum Gasteiger partial charge on any atom is -0.492 e. The molecule has 0 amide bonds. The molecular formula is C11H14FNO2. The van der Waals surface area contributed by atoms with Gasteiger partial charge in [-0.2, -0.15) is 4.39 Å². The topological polar surface area (TPSA) is 31.4 Å². The summed E-state index contributed by atoms with van der Waals surface area (Å²) in [5, 5.41) is 0. The highest BCUT2D eigenvalue weighted by Crippen LogP contribution is 2.43. The number of halogens is 1. The standard InChI is InChI=1S/C11H14FNO2/c1-14-8-4-5-9(13-10(8)12)11(15-2)6-3-7-11/h4-5H,3,6-7H2,1-2H3. The molecule has 1 fully saturated rings. The first-order valence-electron chi connectivity index (χ1n) is 4.98. The Morgan fingerprint density at radius 1 is 1.33 bits per heavy atom. The maximum atomic E-state index is 13.4. The Labute approximate surface area is 88.2 Å². The highest BCUT2D eigenvalue weighted by molar-refractivity contribution is 5.26. The SMILES string of the molecule is COc1ccc(C2(OC)CCC2)nc1F. The number of nitrogens with zero attached hydrogens (tertiary/aromatic N) is 1. The minimum absolute atomic E-state index is 0.171. The fourth-order valence-electron chi connectivity index (χ4n) is 1.89. The predicted octanol–water partition coefficient (Wildman–Crippen LogP) is 2.25. The molecule has 2 rings (SSSR count). The summed E-state index contributed by atoms with van der Waals surface area (Å²) in [6, 6.07) is 3.36. The van der Waals surface area contributed by atoms with Crippen LogP contribution in [0.15, 0.2) is 12.1 Å². The second kappa shape index (κ2) is 3.77. The van der Waals surface area contributed by atoms with E-state index in [0.29, 0.717) is 5.69 Å². The van der Waals surface area contributed by atoms with Gasteiger partial charge in [-0.3, -0.25) is 0 Å². The van der Waals surface area contributed by atoms with E-state index in [1.807, 2.05) is 0 Å². The van der Waals surface area contributed by atoms with Crippen LogP contribution in [0, 0.1) is 5.95 Å². The molecule has 1 aromatic rings. The van der Waals surface area contributed by atoms with Gasteiger partial charge in [0.15, 0.2) is 5.75 Å². The molecule has 0 spiro atoms. The van der Waals surface area contributed by atoms with E-state index in [4.69, 9.17) is 9.47 Å². The lowest BCUT2D eigenvalue weighted by molar-refractivity contribution is -0.0816. The molecular weight excluding hydrogens is 197 g/mol. The number of methoxy groups -OCH3 is 2. The van der Waals surface area contributed by atoms with Crippen LogP contribution in [0.5, 0.6) is 5.75 Å². The summed E-state index contributed by atoms with van der Waals surface area (Å²) in [6.45, 7) is 0. The lowest BCUT2D eigenvalue weighted by Crippen LogP contribution is -2.37. The fourth-order valence-corrected chi connectivity index (χ4v) is 1.89. The van der Waals surface area contributed by atoms with Crippen LogP contribution in [0.2, 0.25) is 0 Å². The van der Waals surface area contributed by atoms with Gasteiger partial charge in [-0.1, -0.05) is 0 Å². The van der Waals surface area contributed by atoms with Crippen LogP contribution in [0.25, 0.3) is 0 Å². The second-order valence-corrected chi connectivity index (χ2v) is 3.74. The van der Waals surface area contributed by atoms with Gasteiger partial charge in [0, 0.05) is 7.11 Å². The van der Waals surface area contributed by atoms with Crippen LogP contribution in [-0.4, -0.2) is 19.2 Å². The molecule has 1 aliphatic carbocycles. The molecule has 82 valence electrons. The van der Waals surface area contributed by atoms with E-state index in [-0.39, 0.29) is 11.4 Å². The number of rotatable bonds is 3. The quantitative estimate of drug-likeness (QED) is 0.718. The van der Waals surface area contributed by atoms with Gasteiger partial charge in [0.1, 0.15) is 5.60 Å². The molecule has 0 bridgehead atoms. The molecule has 0 aliphatic heterocycles. The molecule has 4 heteroatoms. The number of aromatic nitrogens is 1. The zero-order chi connectivity index (χ0) is 10.9. The number of hydrogen-bond donors (Lipinski definition) is 0. The maximum absolute atomic E-state index is 13.4. The van der Waals surface area contributed by atoms with Gasteiger partial charge < -0.3 is 9.47 Å². The van der Waals surface area contributed by atoms with Crippen molar-refractivity contribution in [3.05, 3.63) is 23.8 Å². The monoisotopic (exact) mass is 211 g/mol. The van der Waals surface area contributed by atoms with Crippen molar-refractivity contribution in [2.24, 2.45) is 0 Å². The van der Waals surface area contributed by atoms with E-state index >= 15 is 0 Å². The smallest absolute Gasteiger partial charge is 0.255 e. The Balaban J connectivity index is 2.33. The Kier molecular flexibility index (Phi) is 2.61. The molecule has 0 N–H and O–H groups in total. The average Bonchev–Trinajstić information content (AvgIpc) is 2.17. The number of hydrogen-bond acceptors (Lipinski definition) is 3. The van der Waals surface area contributed by atoms with E-state index in [2.05, 4.69) is 4.98 Å². The third-order valence-electron chi connectivity index (χ3n) is 3.05. The van der Waals surface area contributed by atoms with E-state index in [1.165, 1.54) is 7.11 Å². The van der Waals surface area contributed by atoms with Crippen molar-refractivity contribution in [2.45, 2.75) is 24.9 Å². The van der Waals surface area contributed by atoms with E-state index in [0.717, 1.165) is 19.3 Å². The molecule has 1 aliphatic rings. The van der Waals surface area contributed by atoms with Crippen molar-refractivity contribution >= 4 is 0 Å². The van der Waals surface area contributed by atoms with Gasteiger partial charge >= 0.3 is 0 Å². The molecule has 15 heavy (non-hydrogen) atoms. The average molecular weight is 211 g/mol. The fraction of sp³-hybridized carbons (Fsp3) is 0.545. The number of pyridine rings is 1. The molecule has 0 aromatic carbocycles. The van der Waals surface area contributed by atoms with Gasteiger partial charge in [-0.05, 0) is 31.4 Å². The first-order valence-corrected chi connectivity index (χ1v) is 4.98. The summed E-state index contributed by atoms with van der Waals surface area (Å²) in [5.74, 6) is -0.400. The van der Waals surface area contributed by atoms with Crippen molar-refractivity contribution in [1.29, 1.82) is 0 Å². The highest BCUT2D eigenvalue weighted by atomic mass is 19.1. The van der Waals surface area contributed by atoms with Crippen molar-refractivity contribution in [1.82, 2.24) is 4.98 Å². The van der Waals surface area contributed by atoms with Crippen molar-refractivity contribution in [2.75, 3.05) is 14.2 Å². The van der Waals surface area contributed by atoms with Gasteiger partial charge in [-0.25, -0.2) is 4.98 Å². The van der Waals surface area contributed by atoms with Crippen molar-refractivity contribution in [3.63, 3.8) is 0 Å². The molecule has 1 aromatic heterocycles. The third-order valence-corrected chi connectivity index (χ3v) is 3.05. The molecule has 0 radical (unpaired) electrons. The minimum atomic E-state index is -0.571. The molecule has 0 saturated heterocycles. The summed E-state index contributed by atoms with van der Waals surface area (Å²) in [6.07, 6.45) is 2.91. The van der Waals surface area contributed by atoms with Crippen LogP contribution >= 0.6 is 0 Å². The van der Waals surface area contributed by atoms with Crippen LogP contribution in [-0.2, 0) is 10.3 Å². The summed E-state index contributed by atoms with van der Waals surface area (Å²) in [7, 11) is 3.07. The summed E-state index contributed by atoms with van der Waals surface area (Å²) >= 11 is 0. The zero-order valence-corrected chi connectivity index (χ0v) is 8.92. The molecule has 3 nitrogen and oxygen atoms in total. The largest absolute Gasteiger partial charge is 0.492 e. The van der Waals surface area contributed by atoms with E-state index < -0.39 is 5.95 Å². The van der Waals surface area contributed by atoms with Crippen LogP contribution in [0.1, 0.15) is 25.0 Å². The second-order valence-electron chi connectivity index (χ2n) is 3.74. The summed E-state index contributed by atoms with van der Waals surface area (Å²) in [4.78, 5) is 3.89. The van der Waals surface area contributed by atoms with Crippen molar-refractivity contribution in [3.8, 4) is 5.75 Å². The summed E-state index contributed by atoms with van der Waals surface area (Å²) in [5.41, 5.74) is 0.294. The van der Waals surface area contributed by atoms with Crippen LogP contribution in [0.3, 0.4) is 0 Å². The number of ether oxygens (including phenoxy) is 2. The lowest BCUT2D eigenvalue weighted by atomic mass is 9.77. The maximum Gasteiger partial charge on any atom is 0.255 e. The first kappa shape index (κ1) is 10.4. The Hall–Kier alpha value is -1.16. The molecule has 1 heterocycles. The predicted molar refractivity (Wildman–Crippen MR) is 53.3 cm³/mol. The van der Waals surface area contributed by atoms with Gasteiger partial charge in [0.2, 0.25) is 0 Å². The first-order chi connectivity index (χ1) is 7.22. The molecule has 1 saturated carbocycles. The Morgan fingerprint density at radius 3 is 2.47 bits per heavy atom. The van der Waals surface area contributed by atoms with Gasteiger partial charge in [0.25, 0.3) is 5.95 Å². The van der Waals surface area contributed by atoms with Gasteiger partial charge in [0.05, 0.1) is 12.8 Å². The van der Waals surface area contributed by atoms with E-state index in [1.54, 1.807) is 19.2 Å². The normalized spacial score (nSPS) is 18.3. The van der Waals surface area contributed by atoms with Crippen LogP contribution in [0.4, 0.5) is 4.39 Å². The summed E-state index contributed by atoms with van der Waals surface area (Å²) < 4.78 is 23.6. The zero-order valence-electron chi connectivity index (χ0n) is 8.92.